The molecule has 0 saturated heterocycles. The number of thiocarbonyl (C=S) groups is 1. The molecule has 2 aromatic carbocycles. The maximum atomic E-state index is 12.5. The Morgan fingerprint density at radius 3 is 2.33 bits per heavy atom. The van der Waals surface area contributed by atoms with Crippen LogP contribution in [-0.4, -0.2) is 36.0 Å². The second kappa shape index (κ2) is 9.09. The smallest absolute Gasteiger partial charge is 0.337 e. The van der Waals surface area contributed by atoms with Crippen molar-refractivity contribution in [1.82, 2.24) is 10.2 Å². The minimum Gasteiger partial charge on any atom is -0.466 e. The number of methoxy groups -OCH3 is 1. The van der Waals surface area contributed by atoms with E-state index in [1.165, 1.54) is 12.7 Å². The highest BCUT2D eigenvalue weighted by Gasteiger charge is 2.33. The summed E-state index contributed by atoms with van der Waals surface area (Å²) in [5, 5.41) is 6.61. The molecule has 0 fully saturated rings. The average Bonchev–Trinajstić information content (AvgIpc) is 2.77. The third-order valence-corrected chi connectivity index (χ3v) is 5.68. The lowest BCUT2D eigenvalue weighted by Crippen LogP contribution is -2.46. The predicted octanol–water partition coefficient (Wildman–Crippen LogP) is 3.81. The Morgan fingerprint density at radius 1 is 1.13 bits per heavy atom. The first kappa shape index (κ1) is 21.5. The molecule has 0 bridgehead atoms. The van der Waals surface area contributed by atoms with Crippen molar-refractivity contribution in [1.29, 1.82) is 0 Å². The van der Waals surface area contributed by atoms with Gasteiger partial charge in [0.05, 0.1) is 18.7 Å². The minimum absolute atomic E-state index is 0.171. The second-order valence-corrected chi connectivity index (χ2v) is 7.45. The lowest BCUT2D eigenvalue weighted by molar-refractivity contribution is -0.136. The third kappa shape index (κ3) is 4.36. The quantitative estimate of drug-likeness (QED) is 0.563. The van der Waals surface area contributed by atoms with Crippen LogP contribution in [-0.2, 0) is 16.0 Å². The van der Waals surface area contributed by atoms with Gasteiger partial charge in [-0.3, -0.25) is 4.79 Å². The number of ether oxygens (including phenoxy) is 1. The normalized spacial score (nSPS) is 16.2. The molecule has 1 heterocycles. The summed E-state index contributed by atoms with van der Waals surface area (Å²) in [6.07, 6.45) is 0.930. The van der Waals surface area contributed by atoms with Gasteiger partial charge in [-0.25, -0.2) is 4.79 Å². The first-order valence-corrected chi connectivity index (χ1v) is 10.1. The van der Waals surface area contributed by atoms with E-state index in [0.717, 1.165) is 17.7 Å². The van der Waals surface area contributed by atoms with E-state index in [0.29, 0.717) is 21.9 Å². The number of nitrogens with one attached hydrogen (secondary N) is 2. The molecule has 0 saturated carbocycles. The molecule has 2 aromatic rings. The van der Waals surface area contributed by atoms with E-state index in [4.69, 9.17) is 17.0 Å². The molecule has 1 aliphatic heterocycles. The zero-order chi connectivity index (χ0) is 21.8. The van der Waals surface area contributed by atoms with Gasteiger partial charge in [0.15, 0.2) is 5.11 Å². The number of hydrogen-bond acceptors (Lipinski definition) is 4. The molecule has 0 aromatic heterocycles. The molecule has 3 rings (SSSR count). The number of esters is 1. The van der Waals surface area contributed by atoms with Crippen LogP contribution in [0.5, 0.6) is 0 Å². The van der Waals surface area contributed by atoms with Crippen LogP contribution in [0.25, 0.3) is 0 Å². The summed E-state index contributed by atoms with van der Waals surface area (Å²) in [5.41, 5.74) is 4.54. The van der Waals surface area contributed by atoms with Gasteiger partial charge in [0.25, 0.3) is 5.91 Å². The number of carbonyl (C=O) groups is 2. The lowest BCUT2D eigenvalue weighted by atomic mass is 9.95. The van der Waals surface area contributed by atoms with Crippen molar-refractivity contribution in [3.8, 4) is 0 Å². The monoisotopic (exact) mass is 423 g/mol. The third-order valence-electron chi connectivity index (χ3n) is 5.29. The molecule has 2 N–H and O–H groups in total. The van der Waals surface area contributed by atoms with Crippen molar-refractivity contribution in [3.63, 3.8) is 0 Å². The summed E-state index contributed by atoms with van der Waals surface area (Å²) in [7, 11) is 3.16. The van der Waals surface area contributed by atoms with Gasteiger partial charge in [-0.2, -0.15) is 0 Å². The van der Waals surface area contributed by atoms with Gasteiger partial charge in [-0.1, -0.05) is 31.2 Å². The van der Waals surface area contributed by atoms with Crippen LogP contribution in [0.1, 0.15) is 41.4 Å². The lowest BCUT2D eigenvalue weighted by Gasteiger charge is -2.35. The van der Waals surface area contributed by atoms with Gasteiger partial charge in [0.2, 0.25) is 0 Å². The maximum Gasteiger partial charge on any atom is 0.337 e. The first-order chi connectivity index (χ1) is 14.3. The fourth-order valence-corrected chi connectivity index (χ4v) is 3.57. The summed E-state index contributed by atoms with van der Waals surface area (Å²) >= 11 is 5.38. The number of aryl methyl sites for hydroxylation is 1. The summed E-state index contributed by atoms with van der Waals surface area (Å²) in [6, 6.07) is 14.5. The van der Waals surface area contributed by atoms with Crippen LogP contribution < -0.4 is 10.6 Å². The van der Waals surface area contributed by atoms with Crippen LogP contribution in [0.2, 0.25) is 0 Å². The van der Waals surface area contributed by atoms with Gasteiger partial charge < -0.3 is 20.3 Å². The summed E-state index contributed by atoms with van der Waals surface area (Å²) < 4.78 is 4.97. The van der Waals surface area contributed by atoms with E-state index < -0.39 is 12.0 Å². The number of benzene rings is 2. The van der Waals surface area contributed by atoms with Gasteiger partial charge in [-0.15, -0.1) is 0 Å². The van der Waals surface area contributed by atoms with Crippen LogP contribution in [0.4, 0.5) is 5.69 Å². The van der Waals surface area contributed by atoms with E-state index in [-0.39, 0.29) is 5.91 Å². The Kier molecular flexibility index (Phi) is 6.52. The molecular formula is C23H25N3O3S. The fourth-order valence-electron chi connectivity index (χ4n) is 3.31. The number of allylic oxidation sites excluding steroid dienone is 1. The van der Waals surface area contributed by atoms with Crippen LogP contribution in [0.15, 0.2) is 59.8 Å². The van der Waals surface area contributed by atoms with Gasteiger partial charge in [0, 0.05) is 24.0 Å². The largest absolute Gasteiger partial charge is 0.466 e. The molecule has 0 aliphatic carbocycles. The molecule has 1 aliphatic rings. The minimum atomic E-state index is -0.424. The van der Waals surface area contributed by atoms with Crippen molar-refractivity contribution in [2.75, 3.05) is 19.5 Å². The molecule has 1 amide bonds. The zero-order valence-corrected chi connectivity index (χ0v) is 18.3. The van der Waals surface area contributed by atoms with Crippen LogP contribution in [0, 0.1) is 0 Å². The molecule has 6 nitrogen and oxygen atoms in total. The fraction of sp³-hybridized carbons (Fsp3) is 0.261. The molecule has 7 heteroatoms. The second-order valence-electron chi connectivity index (χ2n) is 7.06. The van der Waals surface area contributed by atoms with E-state index in [1.54, 1.807) is 24.1 Å². The number of amides is 1. The maximum absolute atomic E-state index is 12.5. The predicted molar refractivity (Wildman–Crippen MR) is 121 cm³/mol. The molecular weight excluding hydrogens is 398 g/mol. The number of rotatable bonds is 5. The molecule has 0 spiro atoms. The molecule has 156 valence electrons. The van der Waals surface area contributed by atoms with Crippen LogP contribution >= 0.6 is 12.2 Å². The average molecular weight is 424 g/mol. The molecule has 1 unspecified atom stereocenters. The Bertz CT molecular complexity index is 997. The van der Waals surface area contributed by atoms with E-state index in [9.17, 15) is 9.59 Å². The molecule has 1 atom stereocenters. The summed E-state index contributed by atoms with van der Waals surface area (Å²) in [5.74, 6) is -0.581. The summed E-state index contributed by atoms with van der Waals surface area (Å²) in [4.78, 5) is 26.6. The first-order valence-electron chi connectivity index (χ1n) is 9.69. The number of carbonyl (C=O) groups excluding carboxylic acids is 2. The molecule has 30 heavy (non-hydrogen) atoms. The van der Waals surface area contributed by atoms with E-state index >= 15 is 0 Å². The topological polar surface area (TPSA) is 70.7 Å². The van der Waals surface area contributed by atoms with Crippen molar-refractivity contribution >= 4 is 34.9 Å². The van der Waals surface area contributed by atoms with Gasteiger partial charge in [-0.05, 0) is 61.0 Å². The zero-order valence-electron chi connectivity index (χ0n) is 17.5. The Hall–Kier alpha value is -3.19. The number of anilines is 1. The number of hydrogen-bond donors (Lipinski definition) is 2. The Labute approximate surface area is 181 Å². The van der Waals surface area contributed by atoms with Crippen molar-refractivity contribution < 1.29 is 14.3 Å². The highest BCUT2D eigenvalue weighted by atomic mass is 32.1. The SMILES string of the molecule is CCc1ccc(C(=O)Nc2ccc(C3NC(=S)N(C)C(C)=C3C(=O)OC)cc2)cc1. The highest BCUT2D eigenvalue weighted by Crippen LogP contribution is 2.31. The number of nitrogens with zero attached hydrogens (tertiary/aromatic N) is 1. The molecule has 0 radical (unpaired) electrons. The van der Waals surface area contributed by atoms with Crippen LogP contribution in [0.3, 0.4) is 0 Å². The van der Waals surface area contributed by atoms with Crippen molar-refractivity contribution in [3.05, 3.63) is 76.5 Å². The van der Waals surface area contributed by atoms with E-state index in [2.05, 4.69) is 17.6 Å². The summed E-state index contributed by atoms with van der Waals surface area (Å²) in [6.45, 7) is 3.91. The van der Waals surface area contributed by atoms with E-state index in [1.807, 2.05) is 43.3 Å². The van der Waals surface area contributed by atoms with Gasteiger partial charge in [0.1, 0.15) is 0 Å². The van der Waals surface area contributed by atoms with Crippen molar-refractivity contribution in [2.45, 2.75) is 26.3 Å². The van der Waals surface area contributed by atoms with Crippen molar-refractivity contribution in [2.24, 2.45) is 0 Å². The standard InChI is InChI=1S/C23H25N3O3S/c1-5-15-6-8-17(9-7-15)21(27)24-18-12-10-16(11-13-18)20-19(22(28)29-4)14(2)26(3)23(30)25-20/h6-13,20H,5H2,1-4H3,(H,24,27)(H,25,30). The Morgan fingerprint density at radius 2 is 1.77 bits per heavy atom. The Balaban J connectivity index is 1.81. The highest BCUT2D eigenvalue weighted by molar-refractivity contribution is 7.80. The van der Waals surface area contributed by atoms with Gasteiger partial charge >= 0.3 is 5.97 Å².